The molecular formula is C18H18FNO. The van der Waals surface area contributed by atoms with Crippen LogP contribution in [0.2, 0.25) is 0 Å². The van der Waals surface area contributed by atoms with Crippen LogP contribution < -0.4 is 5.32 Å². The van der Waals surface area contributed by atoms with Crippen LogP contribution in [-0.4, -0.2) is 5.91 Å². The molecule has 1 aliphatic heterocycles. The lowest BCUT2D eigenvalue weighted by molar-refractivity contribution is 0.0960. The van der Waals surface area contributed by atoms with Gasteiger partial charge in [0.05, 0.1) is 6.04 Å². The molecule has 3 rings (SSSR count). The second-order valence-electron chi connectivity index (χ2n) is 5.83. The average molecular weight is 283 g/mol. The maximum absolute atomic E-state index is 13.6. The molecule has 21 heavy (non-hydrogen) atoms. The van der Waals surface area contributed by atoms with Gasteiger partial charge in [-0.05, 0) is 73.2 Å². The Morgan fingerprint density at radius 3 is 2.43 bits per heavy atom. The topological polar surface area (TPSA) is 29.1 Å². The van der Waals surface area contributed by atoms with Crippen LogP contribution in [0.4, 0.5) is 4.39 Å². The van der Waals surface area contributed by atoms with E-state index in [-0.39, 0.29) is 17.8 Å². The van der Waals surface area contributed by atoms with Crippen LogP contribution in [0.1, 0.15) is 49.8 Å². The number of nitrogens with one attached hydrogen (secondary N) is 1. The summed E-state index contributed by atoms with van der Waals surface area (Å²) in [6, 6.07) is 6.55. The smallest absolute Gasteiger partial charge is 0.252 e. The molecule has 3 heteroatoms. The molecule has 1 atom stereocenters. The van der Waals surface area contributed by atoms with Gasteiger partial charge in [0.15, 0.2) is 0 Å². The Kier molecular flexibility index (Phi) is 3.08. The Hall–Kier alpha value is -2.16. The molecule has 0 saturated carbocycles. The molecule has 2 aromatic rings. The zero-order valence-electron chi connectivity index (χ0n) is 12.7. The number of hydrogen-bond donors (Lipinski definition) is 1. The predicted molar refractivity (Wildman–Crippen MR) is 81.1 cm³/mol. The minimum atomic E-state index is -0.278. The number of benzene rings is 2. The first-order valence-electron chi connectivity index (χ1n) is 7.07. The first kappa shape index (κ1) is 13.8. The van der Waals surface area contributed by atoms with Gasteiger partial charge in [-0.1, -0.05) is 12.1 Å². The van der Waals surface area contributed by atoms with Gasteiger partial charge in [0, 0.05) is 5.56 Å². The fourth-order valence-electron chi connectivity index (χ4n) is 3.20. The fourth-order valence-corrected chi connectivity index (χ4v) is 3.20. The van der Waals surface area contributed by atoms with E-state index in [1.807, 2.05) is 27.7 Å². The fraction of sp³-hybridized carbons (Fsp3) is 0.278. The summed E-state index contributed by atoms with van der Waals surface area (Å²) in [5.74, 6) is -0.345. The van der Waals surface area contributed by atoms with Gasteiger partial charge in [-0.15, -0.1) is 0 Å². The first-order valence-corrected chi connectivity index (χ1v) is 7.07. The van der Waals surface area contributed by atoms with Crippen molar-refractivity contribution in [1.29, 1.82) is 0 Å². The third kappa shape index (κ3) is 2.04. The van der Waals surface area contributed by atoms with Crippen LogP contribution in [0.5, 0.6) is 0 Å². The molecule has 2 nitrogen and oxygen atoms in total. The van der Waals surface area contributed by atoms with Gasteiger partial charge in [-0.2, -0.15) is 0 Å². The number of carbonyl (C=O) groups excluding carboxylic acids is 1. The second-order valence-corrected chi connectivity index (χ2v) is 5.83. The molecule has 0 saturated heterocycles. The molecule has 1 N–H and O–H groups in total. The van der Waals surface area contributed by atoms with Crippen molar-refractivity contribution in [2.45, 2.75) is 33.7 Å². The summed E-state index contributed by atoms with van der Waals surface area (Å²) in [4.78, 5) is 12.4. The van der Waals surface area contributed by atoms with Crippen molar-refractivity contribution >= 4 is 5.91 Å². The lowest BCUT2D eigenvalue weighted by Gasteiger charge is -2.18. The zero-order chi connectivity index (χ0) is 15.3. The number of rotatable bonds is 1. The number of hydrogen-bond acceptors (Lipinski definition) is 1. The van der Waals surface area contributed by atoms with Crippen molar-refractivity contribution in [2.24, 2.45) is 0 Å². The van der Waals surface area contributed by atoms with E-state index in [1.165, 1.54) is 12.1 Å². The maximum atomic E-state index is 13.6. The SMILES string of the molecule is Cc1ccc(F)cc1[C@H]1NC(=O)c2c(C)c(C)cc(C)c21. The van der Waals surface area contributed by atoms with Crippen molar-refractivity contribution in [3.05, 3.63) is 69.0 Å². The Balaban J connectivity index is 2.26. The highest BCUT2D eigenvalue weighted by Crippen LogP contribution is 2.37. The van der Waals surface area contributed by atoms with E-state index < -0.39 is 0 Å². The summed E-state index contributed by atoms with van der Waals surface area (Å²) >= 11 is 0. The maximum Gasteiger partial charge on any atom is 0.252 e. The highest BCUT2D eigenvalue weighted by Gasteiger charge is 2.34. The van der Waals surface area contributed by atoms with E-state index in [9.17, 15) is 9.18 Å². The van der Waals surface area contributed by atoms with Crippen LogP contribution in [0.25, 0.3) is 0 Å². The van der Waals surface area contributed by atoms with Crippen LogP contribution in [0.15, 0.2) is 24.3 Å². The molecular weight excluding hydrogens is 265 g/mol. The molecule has 1 amide bonds. The minimum absolute atomic E-state index is 0.0667. The van der Waals surface area contributed by atoms with Crippen molar-refractivity contribution < 1.29 is 9.18 Å². The number of halogens is 1. The predicted octanol–water partition coefficient (Wildman–Crippen LogP) is 3.89. The monoisotopic (exact) mass is 283 g/mol. The quantitative estimate of drug-likeness (QED) is 0.845. The first-order chi connectivity index (χ1) is 9.90. The molecule has 0 aromatic heterocycles. The summed E-state index contributed by atoms with van der Waals surface area (Å²) < 4.78 is 13.6. The minimum Gasteiger partial charge on any atom is -0.341 e. The summed E-state index contributed by atoms with van der Waals surface area (Å²) in [5.41, 5.74) is 6.72. The summed E-state index contributed by atoms with van der Waals surface area (Å²) in [7, 11) is 0. The summed E-state index contributed by atoms with van der Waals surface area (Å²) in [6.07, 6.45) is 0. The summed E-state index contributed by atoms with van der Waals surface area (Å²) in [5, 5.41) is 3.01. The van der Waals surface area contributed by atoms with Crippen molar-refractivity contribution in [3.63, 3.8) is 0 Å². The van der Waals surface area contributed by atoms with E-state index in [0.717, 1.165) is 38.9 Å². The molecule has 108 valence electrons. The molecule has 2 aromatic carbocycles. The molecule has 1 heterocycles. The van der Waals surface area contributed by atoms with E-state index in [2.05, 4.69) is 11.4 Å². The molecule has 0 radical (unpaired) electrons. The Labute approximate surface area is 124 Å². The Bertz CT molecular complexity index is 764. The molecule has 0 fully saturated rings. The summed E-state index contributed by atoms with van der Waals surface area (Å²) in [6.45, 7) is 7.92. The molecule has 0 bridgehead atoms. The standard InChI is InChI=1S/C18H18FNO/c1-9-5-6-13(19)8-14(9)17-15-11(3)7-10(2)12(4)16(15)18(21)20-17/h5-8,17H,1-4H3,(H,20,21)/t17-/m1/s1. The van der Waals surface area contributed by atoms with Crippen molar-refractivity contribution in [2.75, 3.05) is 0 Å². The number of aryl methyl sites for hydroxylation is 3. The molecule has 1 aliphatic rings. The van der Waals surface area contributed by atoms with Crippen molar-refractivity contribution in [3.8, 4) is 0 Å². The van der Waals surface area contributed by atoms with Gasteiger partial charge in [0.1, 0.15) is 5.82 Å². The van der Waals surface area contributed by atoms with Crippen LogP contribution >= 0.6 is 0 Å². The zero-order valence-corrected chi connectivity index (χ0v) is 12.7. The van der Waals surface area contributed by atoms with Crippen LogP contribution in [0, 0.1) is 33.5 Å². The third-order valence-corrected chi connectivity index (χ3v) is 4.44. The Morgan fingerprint density at radius 1 is 1.00 bits per heavy atom. The highest BCUT2D eigenvalue weighted by atomic mass is 19.1. The Morgan fingerprint density at radius 2 is 1.71 bits per heavy atom. The average Bonchev–Trinajstić information content (AvgIpc) is 2.77. The van der Waals surface area contributed by atoms with E-state index in [1.54, 1.807) is 6.07 Å². The van der Waals surface area contributed by atoms with Crippen molar-refractivity contribution in [1.82, 2.24) is 5.32 Å². The van der Waals surface area contributed by atoms with Gasteiger partial charge >= 0.3 is 0 Å². The van der Waals surface area contributed by atoms with Gasteiger partial charge in [0.2, 0.25) is 0 Å². The number of amides is 1. The van der Waals surface area contributed by atoms with Gasteiger partial charge in [-0.3, -0.25) is 4.79 Å². The highest BCUT2D eigenvalue weighted by molar-refractivity contribution is 6.02. The molecule has 0 spiro atoms. The largest absolute Gasteiger partial charge is 0.341 e. The number of fused-ring (bicyclic) bond motifs is 1. The van der Waals surface area contributed by atoms with Gasteiger partial charge < -0.3 is 5.32 Å². The lowest BCUT2D eigenvalue weighted by atomic mass is 9.88. The molecule has 0 unspecified atom stereocenters. The second kappa shape index (κ2) is 4.69. The van der Waals surface area contributed by atoms with E-state index >= 15 is 0 Å². The van der Waals surface area contributed by atoms with E-state index in [0.29, 0.717) is 0 Å². The van der Waals surface area contributed by atoms with E-state index in [4.69, 9.17) is 0 Å². The van der Waals surface area contributed by atoms with Gasteiger partial charge in [0.25, 0.3) is 5.91 Å². The molecule has 0 aliphatic carbocycles. The number of carbonyl (C=O) groups is 1. The lowest BCUT2D eigenvalue weighted by Crippen LogP contribution is -2.21. The third-order valence-electron chi connectivity index (χ3n) is 4.44. The normalized spacial score (nSPS) is 16.8. The van der Waals surface area contributed by atoms with Crippen LogP contribution in [-0.2, 0) is 0 Å². The van der Waals surface area contributed by atoms with Gasteiger partial charge in [-0.25, -0.2) is 4.39 Å². The van der Waals surface area contributed by atoms with Crippen LogP contribution in [0.3, 0.4) is 0 Å².